The maximum Gasteiger partial charge on any atom is 0.0599 e. The van der Waals surface area contributed by atoms with Crippen LogP contribution in [0.2, 0.25) is 0 Å². The molecule has 0 aromatic heterocycles. The second kappa shape index (κ2) is 5.75. The average molecular weight is 228 g/mol. The standard InChI is InChI=1S/C15H20N2/c1-3-9-17(10-4-2)12-13-11-16-15-8-6-5-7-14(13)15/h1,5-8,13,16H,4,9-12H2,2H3. The number of benzene rings is 1. The van der Waals surface area contributed by atoms with Gasteiger partial charge in [0.15, 0.2) is 0 Å². The highest BCUT2D eigenvalue weighted by molar-refractivity contribution is 5.57. The first-order chi connectivity index (χ1) is 8.35. The van der Waals surface area contributed by atoms with Gasteiger partial charge in [-0.15, -0.1) is 6.42 Å². The molecule has 0 bridgehead atoms. The zero-order valence-corrected chi connectivity index (χ0v) is 10.4. The number of terminal acetylenes is 1. The van der Waals surface area contributed by atoms with Crippen LogP contribution in [-0.2, 0) is 0 Å². The number of para-hydroxylation sites is 1. The molecule has 1 N–H and O–H groups in total. The van der Waals surface area contributed by atoms with E-state index in [0.717, 1.165) is 32.6 Å². The van der Waals surface area contributed by atoms with Crippen molar-refractivity contribution in [3.05, 3.63) is 29.8 Å². The van der Waals surface area contributed by atoms with Crippen molar-refractivity contribution < 1.29 is 0 Å². The highest BCUT2D eigenvalue weighted by Crippen LogP contribution is 2.31. The minimum atomic E-state index is 0.575. The number of nitrogens with one attached hydrogen (secondary N) is 1. The Balaban J connectivity index is 2.02. The fourth-order valence-corrected chi connectivity index (χ4v) is 2.51. The molecule has 0 saturated heterocycles. The molecule has 1 aromatic rings. The summed E-state index contributed by atoms with van der Waals surface area (Å²) in [6, 6.07) is 8.57. The predicted molar refractivity (Wildman–Crippen MR) is 73.2 cm³/mol. The fraction of sp³-hybridized carbons (Fsp3) is 0.467. The lowest BCUT2D eigenvalue weighted by Gasteiger charge is -2.22. The molecule has 0 aliphatic carbocycles. The third kappa shape index (κ3) is 2.81. The Labute approximate surface area is 104 Å². The number of hydrogen-bond acceptors (Lipinski definition) is 2. The van der Waals surface area contributed by atoms with Gasteiger partial charge in [-0.1, -0.05) is 31.0 Å². The topological polar surface area (TPSA) is 15.3 Å². The van der Waals surface area contributed by atoms with Crippen LogP contribution in [0.4, 0.5) is 5.69 Å². The zero-order valence-electron chi connectivity index (χ0n) is 10.4. The third-order valence-electron chi connectivity index (χ3n) is 3.27. The van der Waals surface area contributed by atoms with Gasteiger partial charge >= 0.3 is 0 Å². The van der Waals surface area contributed by atoms with E-state index in [4.69, 9.17) is 6.42 Å². The predicted octanol–water partition coefficient (Wildman–Crippen LogP) is 2.54. The first-order valence-electron chi connectivity index (χ1n) is 6.33. The summed E-state index contributed by atoms with van der Waals surface area (Å²) in [4.78, 5) is 2.37. The Morgan fingerprint density at radius 2 is 2.29 bits per heavy atom. The lowest BCUT2D eigenvalue weighted by atomic mass is 10.0. The Hall–Kier alpha value is -1.46. The maximum absolute atomic E-state index is 5.42. The average Bonchev–Trinajstić information content (AvgIpc) is 2.74. The summed E-state index contributed by atoms with van der Waals surface area (Å²) in [7, 11) is 0. The van der Waals surface area contributed by atoms with Crippen LogP contribution >= 0.6 is 0 Å². The Bertz CT molecular complexity index is 406. The molecule has 0 saturated carbocycles. The van der Waals surface area contributed by atoms with Crippen LogP contribution in [-0.4, -0.2) is 31.1 Å². The summed E-state index contributed by atoms with van der Waals surface area (Å²) in [6.07, 6.45) is 6.58. The van der Waals surface area contributed by atoms with Crippen LogP contribution in [0.5, 0.6) is 0 Å². The van der Waals surface area contributed by atoms with Gasteiger partial charge in [-0.25, -0.2) is 0 Å². The molecule has 1 aliphatic heterocycles. The highest BCUT2D eigenvalue weighted by atomic mass is 15.1. The van der Waals surface area contributed by atoms with Crippen LogP contribution < -0.4 is 5.32 Å². The van der Waals surface area contributed by atoms with Crippen molar-refractivity contribution in [2.75, 3.05) is 31.5 Å². The Morgan fingerprint density at radius 3 is 3.06 bits per heavy atom. The smallest absolute Gasteiger partial charge is 0.0599 e. The van der Waals surface area contributed by atoms with E-state index < -0.39 is 0 Å². The van der Waals surface area contributed by atoms with Gasteiger partial charge in [0.25, 0.3) is 0 Å². The van der Waals surface area contributed by atoms with Crippen LogP contribution in [0.3, 0.4) is 0 Å². The monoisotopic (exact) mass is 228 g/mol. The summed E-state index contributed by atoms with van der Waals surface area (Å²) in [5.74, 6) is 3.33. The quantitative estimate of drug-likeness (QED) is 0.779. The van der Waals surface area contributed by atoms with E-state index in [1.807, 2.05) is 0 Å². The molecular weight excluding hydrogens is 208 g/mol. The molecule has 1 aliphatic rings. The summed E-state index contributed by atoms with van der Waals surface area (Å²) in [5.41, 5.74) is 2.72. The van der Waals surface area contributed by atoms with E-state index >= 15 is 0 Å². The molecule has 0 amide bonds. The molecule has 90 valence electrons. The molecule has 1 unspecified atom stereocenters. The molecule has 2 heteroatoms. The third-order valence-corrected chi connectivity index (χ3v) is 3.27. The van der Waals surface area contributed by atoms with Crippen molar-refractivity contribution in [3.63, 3.8) is 0 Å². The minimum Gasteiger partial charge on any atom is -0.384 e. The molecule has 1 atom stereocenters. The highest BCUT2D eigenvalue weighted by Gasteiger charge is 2.23. The molecule has 0 spiro atoms. The molecular formula is C15H20N2. The first kappa shape index (κ1) is 12.0. The van der Waals surface area contributed by atoms with Crippen LogP contribution in [0, 0.1) is 12.3 Å². The zero-order chi connectivity index (χ0) is 12.1. The maximum atomic E-state index is 5.42. The number of rotatable bonds is 5. The minimum absolute atomic E-state index is 0.575. The number of anilines is 1. The Kier molecular flexibility index (Phi) is 4.06. The molecule has 1 heterocycles. The lowest BCUT2D eigenvalue weighted by Crippen LogP contribution is -2.30. The van der Waals surface area contributed by atoms with E-state index in [9.17, 15) is 0 Å². The van der Waals surface area contributed by atoms with Crippen LogP contribution in [0.1, 0.15) is 24.8 Å². The van der Waals surface area contributed by atoms with E-state index in [1.165, 1.54) is 11.3 Å². The molecule has 1 aromatic carbocycles. The van der Waals surface area contributed by atoms with Crippen molar-refractivity contribution in [2.24, 2.45) is 0 Å². The summed E-state index contributed by atoms with van der Waals surface area (Å²) >= 11 is 0. The normalized spacial score (nSPS) is 17.6. The molecule has 0 radical (unpaired) electrons. The van der Waals surface area contributed by atoms with Gasteiger partial charge in [-0.2, -0.15) is 0 Å². The summed E-state index contributed by atoms with van der Waals surface area (Å²) in [6.45, 7) is 6.13. The number of nitrogens with zero attached hydrogens (tertiary/aromatic N) is 1. The fourth-order valence-electron chi connectivity index (χ4n) is 2.51. The van der Waals surface area contributed by atoms with Gasteiger partial charge in [0.05, 0.1) is 6.54 Å². The second-order valence-electron chi connectivity index (χ2n) is 4.60. The van der Waals surface area contributed by atoms with Crippen molar-refractivity contribution in [1.82, 2.24) is 4.90 Å². The number of fused-ring (bicyclic) bond motifs is 1. The van der Waals surface area contributed by atoms with Gasteiger partial charge in [0.1, 0.15) is 0 Å². The largest absolute Gasteiger partial charge is 0.384 e. The van der Waals surface area contributed by atoms with Gasteiger partial charge < -0.3 is 5.32 Å². The summed E-state index contributed by atoms with van der Waals surface area (Å²) in [5, 5.41) is 3.46. The van der Waals surface area contributed by atoms with Crippen LogP contribution in [0.15, 0.2) is 24.3 Å². The van der Waals surface area contributed by atoms with E-state index in [2.05, 4.69) is 47.3 Å². The second-order valence-corrected chi connectivity index (χ2v) is 4.60. The molecule has 17 heavy (non-hydrogen) atoms. The van der Waals surface area contributed by atoms with Crippen molar-refractivity contribution in [1.29, 1.82) is 0 Å². The van der Waals surface area contributed by atoms with Gasteiger partial charge in [-0.05, 0) is 24.6 Å². The van der Waals surface area contributed by atoms with E-state index in [-0.39, 0.29) is 0 Å². The first-order valence-corrected chi connectivity index (χ1v) is 6.33. The van der Waals surface area contributed by atoms with E-state index in [1.54, 1.807) is 0 Å². The molecule has 0 fully saturated rings. The van der Waals surface area contributed by atoms with Crippen molar-refractivity contribution in [3.8, 4) is 12.3 Å². The molecule has 2 nitrogen and oxygen atoms in total. The SMILES string of the molecule is C#CCN(CCC)CC1CNc2ccccc21. The molecule has 2 rings (SSSR count). The van der Waals surface area contributed by atoms with Crippen molar-refractivity contribution >= 4 is 5.69 Å². The lowest BCUT2D eigenvalue weighted by molar-refractivity contribution is 0.292. The van der Waals surface area contributed by atoms with E-state index in [0.29, 0.717) is 5.92 Å². The van der Waals surface area contributed by atoms with Crippen molar-refractivity contribution in [2.45, 2.75) is 19.3 Å². The Morgan fingerprint density at radius 1 is 1.47 bits per heavy atom. The van der Waals surface area contributed by atoms with Crippen LogP contribution in [0.25, 0.3) is 0 Å². The number of hydrogen-bond donors (Lipinski definition) is 1. The van der Waals surface area contributed by atoms with Gasteiger partial charge in [0.2, 0.25) is 0 Å². The summed E-state index contributed by atoms with van der Waals surface area (Å²) < 4.78 is 0. The van der Waals surface area contributed by atoms with Gasteiger partial charge in [-0.3, -0.25) is 4.90 Å². The van der Waals surface area contributed by atoms with Gasteiger partial charge in [0, 0.05) is 24.7 Å².